The van der Waals surface area contributed by atoms with E-state index in [-0.39, 0.29) is 52.9 Å². The molecule has 1 fully saturated rings. The molecule has 1 saturated heterocycles. The summed E-state index contributed by atoms with van der Waals surface area (Å²) < 4.78 is 67.1. The summed E-state index contributed by atoms with van der Waals surface area (Å²) in [7, 11) is -4.03. The molecular weight excluding hydrogens is 564 g/mol. The van der Waals surface area contributed by atoms with Gasteiger partial charge in [0, 0.05) is 35.7 Å². The Morgan fingerprint density at radius 2 is 1.90 bits per heavy atom. The van der Waals surface area contributed by atoms with E-state index in [4.69, 9.17) is 20.9 Å². The molecule has 0 spiro atoms. The highest BCUT2D eigenvalue weighted by Gasteiger charge is 2.39. The number of nitrogens with zero attached hydrogens (tertiary/aromatic N) is 3. The van der Waals surface area contributed by atoms with Crippen molar-refractivity contribution in [1.82, 2.24) is 9.46 Å². The number of ether oxygens (including phenoxy) is 1. The number of halogens is 3. The lowest BCUT2D eigenvalue weighted by Gasteiger charge is -2.38. The van der Waals surface area contributed by atoms with Gasteiger partial charge in [0.15, 0.2) is 10.7 Å². The maximum atomic E-state index is 14.1. The predicted octanol–water partition coefficient (Wildman–Crippen LogP) is 5.69. The van der Waals surface area contributed by atoms with Gasteiger partial charge in [0.2, 0.25) is 15.9 Å². The third kappa shape index (κ3) is 5.50. The maximum absolute atomic E-state index is 14.1. The third-order valence-electron chi connectivity index (χ3n) is 7.22. The Balaban J connectivity index is 1.32. The van der Waals surface area contributed by atoms with Crippen molar-refractivity contribution in [2.45, 2.75) is 44.1 Å². The van der Waals surface area contributed by atoms with Crippen LogP contribution in [0.2, 0.25) is 5.02 Å². The number of hydrogen-bond acceptors (Lipinski definition) is 6. The average Bonchev–Trinajstić information content (AvgIpc) is 3.32. The quantitative estimate of drug-likeness (QED) is 0.366. The van der Waals surface area contributed by atoms with Gasteiger partial charge in [0.05, 0.1) is 12.2 Å². The maximum Gasteiger partial charge on any atom is 0.248 e. The van der Waals surface area contributed by atoms with Gasteiger partial charge < -0.3 is 14.2 Å². The Morgan fingerprint density at radius 1 is 1.15 bits per heavy atom. The molecule has 2 aromatic carbocycles. The standard InChI is InChI=1S/C28H28ClF2N3O5S/c1-3-22-16-34(24-14-20(29)6-9-25(24)38-22)28(35)19-10-12-33(13-11-19)40(36,37)27-17(2)32-39-26(27)8-5-18-4-7-21(30)15-23(18)31/h4-9,14-15,19,22H,3,10-13,16H2,1-2H3/b8-5+/t22-/m0/s1. The molecule has 2 aliphatic rings. The van der Waals surface area contributed by atoms with Crippen LogP contribution in [0, 0.1) is 24.5 Å². The third-order valence-corrected chi connectivity index (χ3v) is 9.52. The van der Waals surface area contributed by atoms with Gasteiger partial charge in [-0.05, 0) is 68.7 Å². The molecule has 8 nitrogen and oxygen atoms in total. The number of hydrogen-bond donors (Lipinski definition) is 0. The molecule has 0 saturated carbocycles. The van der Waals surface area contributed by atoms with Gasteiger partial charge >= 0.3 is 0 Å². The second kappa shape index (κ2) is 11.3. The van der Waals surface area contributed by atoms with Gasteiger partial charge in [0.1, 0.15) is 29.2 Å². The highest BCUT2D eigenvalue weighted by Crippen LogP contribution is 2.38. The monoisotopic (exact) mass is 591 g/mol. The molecule has 212 valence electrons. The highest BCUT2D eigenvalue weighted by atomic mass is 35.5. The van der Waals surface area contributed by atoms with Crippen molar-refractivity contribution in [1.29, 1.82) is 0 Å². The molecule has 0 unspecified atom stereocenters. The lowest BCUT2D eigenvalue weighted by atomic mass is 9.95. The van der Waals surface area contributed by atoms with Gasteiger partial charge in [-0.3, -0.25) is 4.79 Å². The second-order valence-electron chi connectivity index (χ2n) is 9.85. The molecule has 0 N–H and O–H groups in total. The Bertz CT molecular complexity index is 1570. The molecule has 12 heteroatoms. The number of anilines is 1. The molecule has 3 aromatic rings. The molecule has 1 aromatic heterocycles. The van der Waals surface area contributed by atoms with E-state index in [1.165, 1.54) is 29.4 Å². The van der Waals surface area contributed by atoms with Crippen molar-refractivity contribution in [3.05, 3.63) is 70.1 Å². The van der Waals surface area contributed by atoms with E-state index in [2.05, 4.69) is 5.16 Å². The fraction of sp³-hybridized carbons (Fsp3) is 0.357. The molecule has 40 heavy (non-hydrogen) atoms. The Labute approximate surface area is 236 Å². The van der Waals surface area contributed by atoms with Gasteiger partial charge in [-0.1, -0.05) is 23.7 Å². The van der Waals surface area contributed by atoms with Crippen molar-refractivity contribution in [2.75, 3.05) is 24.5 Å². The highest BCUT2D eigenvalue weighted by molar-refractivity contribution is 7.89. The number of sulfonamides is 1. The zero-order valence-corrected chi connectivity index (χ0v) is 23.5. The van der Waals surface area contributed by atoms with Crippen LogP contribution in [-0.4, -0.2) is 49.5 Å². The fourth-order valence-corrected chi connectivity index (χ4v) is 6.92. The van der Waals surface area contributed by atoms with Crippen LogP contribution in [0.3, 0.4) is 0 Å². The molecule has 1 atom stereocenters. The van der Waals surface area contributed by atoms with E-state index in [0.29, 0.717) is 35.8 Å². The first kappa shape index (κ1) is 28.3. The van der Waals surface area contributed by atoms with Crippen LogP contribution in [0.4, 0.5) is 14.5 Å². The lowest BCUT2D eigenvalue weighted by Crippen LogP contribution is -2.48. The topological polar surface area (TPSA) is 93.0 Å². The van der Waals surface area contributed by atoms with Crippen LogP contribution in [0.5, 0.6) is 5.75 Å². The summed E-state index contributed by atoms with van der Waals surface area (Å²) in [5.74, 6) is -1.44. The minimum Gasteiger partial charge on any atom is -0.486 e. The van der Waals surface area contributed by atoms with E-state index in [1.807, 2.05) is 6.92 Å². The minimum atomic E-state index is -4.03. The van der Waals surface area contributed by atoms with E-state index >= 15 is 0 Å². The zero-order chi connectivity index (χ0) is 28.6. The predicted molar refractivity (Wildman–Crippen MR) is 147 cm³/mol. The van der Waals surface area contributed by atoms with Crippen LogP contribution in [-0.2, 0) is 14.8 Å². The Hall–Kier alpha value is -3.28. The summed E-state index contributed by atoms with van der Waals surface area (Å²) in [5.41, 5.74) is 0.839. The number of fused-ring (bicyclic) bond motifs is 1. The largest absolute Gasteiger partial charge is 0.486 e. The van der Waals surface area contributed by atoms with E-state index in [9.17, 15) is 22.0 Å². The van der Waals surface area contributed by atoms with Gasteiger partial charge in [-0.15, -0.1) is 0 Å². The van der Waals surface area contributed by atoms with Crippen LogP contribution in [0.25, 0.3) is 12.2 Å². The first-order valence-corrected chi connectivity index (χ1v) is 14.8. The number of aryl methyl sites for hydroxylation is 1. The van der Waals surface area contributed by atoms with Gasteiger partial charge in [-0.25, -0.2) is 17.2 Å². The first-order valence-electron chi connectivity index (χ1n) is 13.0. The van der Waals surface area contributed by atoms with Crippen molar-refractivity contribution >= 4 is 45.4 Å². The zero-order valence-electron chi connectivity index (χ0n) is 21.9. The summed E-state index contributed by atoms with van der Waals surface area (Å²) in [6, 6.07) is 8.26. The Kier molecular flexibility index (Phi) is 7.98. The summed E-state index contributed by atoms with van der Waals surface area (Å²) >= 11 is 6.20. The van der Waals surface area contributed by atoms with Crippen LogP contribution >= 0.6 is 11.6 Å². The van der Waals surface area contributed by atoms with E-state index in [0.717, 1.165) is 18.6 Å². The molecule has 0 radical (unpaired) electrons. The number of carbonyl (C=O) groups excluding carboxylic acids is 1. The number of benzene rings is 2. The van der Waals surface area contributed by atoms with E-state index < -0.39 is 21.7 Å². The summed E-state index contributed by atoms with van der Waals surface area (Å²) in [5, 5.41) is 4.30. The average molecular weight is 592 g/mol. The molecule has 3 heterocycles. The summed E-state index contributed by atoms with van der Waals surface area (Å²) in [6.07, 6.45) is 3.84. The minimum absolute atomic E-state index is 0.0631. The smallest absolute Gasteiger partial charge is 0.248 e. The summed E-state index contributed by atoms with van der Waals surface area (Å²) in [6.45, 7) is 4.15. The van der Waals surface area contributed by atoms with Gasteiger partial charge in [0.25, 0.3) is 0 Å². The molecular formula is C28H28ClF2N3O5S. The van der Waals surface area contributed by atoms with E-state index in [1.54, 1.807) is 23.1 Å². The van der Waals surface area contributed by atoms with Crippen LogP contribution in [0.1, 0.15) is 43.2 Å². The number of amides is 1. The molecule has 0 aliphatic carbocycles. The van der Waals surface area contributed by atoms with Crippen molar-refractivity contribution in [3.63, 3.8) is 0 Å². The normalized spacial score (nSPS) is 18.6. The molecule has 0 bridgehead atoms. The van der Waals surface area contributed by atoms with Crippen molar-refractivity contribution in [2.24, 2.45) is 5.92 Å². The number of aromatic nitrogens is 1. The van der Waals surface area contributed by atoms with Crippen LogP contribution in [0.15, 0.2) is 45.8 Å². The SMILES string of the molecule is CC[C@H]1CN(C(=O)C2CCN(S(=O)(=O)c3c(C)noc3/C=C/c3ccc(F)cc3F)CC2)c2cc(Cl)ccc2O1. The van der Waals surface area contributed by atoms with Gasteiger partial charge in [-0.2, -0.15) is 4.31 Å². The molecule has 1 amide bonds. The van der Waals surface area contributed by atoms with Crippen molar-refractivity contribution < 1.29 is 31.3 Å². The number of carbonyl (C=O) groups is 1. The molecule has 5 rings (SSSR count). The first-order chi connectivity index (χ1) is 19.1. The fourth-order valence-electron chi connectivity index (χ4n) is 5.03. The number of rotatable bonds is 6. The second-order valence-corrected chi connectivity index (χ2v) is 12.2. The summed E-state index contributed by atoms with van der Waals surface area (Å²) in [4.78, 5) is 15.2. The molecule has 2 aliphatic heterocycles. The number of piperidine rings is 1. The van der Waals surface area contributed by atoms with Crippen LogP contribution < -0.4 is 9.64 Å². The lowest BCUT2D eigenvalue weighted by molar-refractivity contribution is -0.124. The van der Waals surface area contributed by atoms with Crippen molar-refractivity contribution in [3.8, 4) is 5.75 Å². The Morgan fingerprint density at radius 3 is 2.60 bits per heavy atom.